The maximum atomic E-state index is 13.0. The smallest absolute Gasteiger partial charge is 0.269 e. The number of hydrogen-bond acceptors (Lipinski definition) is 8. The highest BCUT2D eigenvalue weighted by molar-refractivity contribution is 7.14. The van der Waals surface area contributed by atoms with E-state index in [9.17, 15) is 14.9 Å². The van der Waals surface area contributed by atoms with Crippen molar-refractivity contribution in [1.82, 2.24) is 9.88 Å². The second kappa shape index (κ2) is 9.23. The summed E-state index contributed by atoms with van der Waals surface area (Å²) in [4.78, 5) is 32.0. The molecule has 1 amide bonds. The van der Waals surface area contributed by atoms with Crippen LogP contribution in [0.4, 0.5) is 10.8 Å². The molecule has 1 aromatic heterocycles. The Morgan fingerprint density at radius 3 is 2.22 bits per heavy atom. The molecule has 2 heterocycles. The minimum atomic E-state index is -0.418. The topological polar surface area (TPSA) is 98.0 Å². The third-order valence-electron chi connectivity index (χ3n) is 5.30. The van der Waals surface area contributed by atoms with E-state index in [2.05, 4.69) is 4.90 Å². The van der Waals surface area contributed by atoms with Gasteiger partial charge in [0, 0.05) is 60.9 Å². The van der Waals surface area contributed by atoms with Crippen LogP contribution < -0.4 is 14.4 Å². The number of rotatable bonds is 6. The Bertz CT molecular complexity index is 1100. The first-order valence-corrected chi connectivity index (χ1v) is 10.8. The second-order valence-electron chi connectivity index (χ2n) is 7.20. The molecular weight excluding hydrogens is 432 g/mol. The number of nitrogens with zero attached hydrogens (tertiary/aromatic N) is 4. The van der Waals surface area contributed by atoms with Crippen LogP contribution >= 0.6 is 11.3 Å². The zero-order valence-corrected chi connectivity index (χ0v) is 18.5. The predicted octanol–water partition coefficient (Wildman–Crippen LogP) is 3.70. The number of anilines is 1. The molecule has 32 heavy (non-hydrogen) atoms. The van der Waals surface area contributed by atoms with Crippen LogP contribution in [0.25, 0.3) is 11.3 Å². The summed E-state index contributed by atoms with van der Waals surface area (Å²) in [7, 11) is 3.11. The summed E-state index contributed by atoms with van der Waals surface area (Å²) in [5, 5.41) is 13.6. The van der Waals surface area contributed by atoms with Crippen molar-refractivity contribution in [2.45, 2.75) is 0 Å². The molecule has 10 heteroatoms. The van der Waals surface area contributed by atoms with Gasteiger partial charge in [-0.15, -0.1) is 11.3 Å². The first kappa shape index (κ1) is 21.6. The predicted molar refractivity (Wildman–Crippen MR) is 122 cm³/mol. The number of nitro benzene ring substituents is 1. The Labute approximate surface area is 189 Å². The van der Waals surface area contributed by atoms with Crippen molar-refractivity contribution in [1.29, 1.82) is 0 Å². The third kappa shape index (κ3) is 4.50. The maximum Gasteiger partial charge on any atom is 0.269 e. The van der Waals surface area contributed by atoms with Gasteiger partial charge in [0.05, 0.1) is 24.8 Å². The van der Waals surface area contributed by atoms with Crippen LogP contribution in [0.1, 0.15) is 10.4 Å². The Morgan fingerprint density at radius 1 is 1.03 bits per heavy atom. The number of nitro groups is 1. The van der Waals surface area contributed by atoms with Crippen molar-refractivity contribution < 1.29 is 19.2 Å². The van der Waals surface area contributed by atoms with Crippen molar-refractivity contribution in [3.8, 4) is 22.8 Å². The molecule has 0 spiro atoms. The zero-order chi connectivity index (χ0) is 22.7. The van der Waals surface area contributed by atoms with Crippen molar-refractivity contribution in [3.05, 3.63) is 63.5 Å². The largest absolute Gasteiger partial charge is 0.497 e. The number of hydrogen-bond donors (Lipinski definition) is 0. The molecular formula is C22H22N4O5S. The molecule has 0 bridgehead atoms. The number of methoxy groups -OCH3 is 2. The highest BCUT2D eigenvalue weighted by Gasteiger charge is 2.24. The van der Waals surface area contributed by atoms with E-state index in [4.69, 9.17) is 14.5 Å². The number of benzene rings is 2. The lowest BCUT2D eigenvalue weighted by atomic mass is 10.1. The van der Waals surface area contributed by atoms with Gasteiger partial charge in [-0.25, -0.2) is 4.98 Å². The van der Waals surface area contributed by atoms with Gasteiger partial charge in [-0.1, -0.05) is 0 Å². The first-order valence-electron chi connectivity index (χ1n) is 9.96. The van der Waals surface area contributed by atoms with Crippen LogP contribution in [0.5, 0.6) is 11.5 Å². The van der Waals surface area contributed by atoms with Crippen LogP contribution in [0, 0.1) is 10.1 Å². The molecule has 1 aliphatic heterocycles. The summed E-state index contributed by atoms with van der Waals surface area (Å²) in [5.41, 5.74) is 2.20. The summed E-state index contributed by atoms with van der Waals surface area (Å²) < 4.78 is 10.5. The van der Waals surface area contributed by atoms with Crippen LogP contribution in [0.15, 0.2) is 47.8 Å². The Hall–Kier alpha value is -3.66. The van der Waals surface area contributed by atoms with Gasteiger partial charge in [-0.3, -0.25) is 14.9 Å². The van der Waals surface area contributed by atoms with Crippen LogP contribution in [-0.2, 0) is 0 Å². The van der Waals surface area contributed by atoms with Crippen molar-refractivity contribution in [3.63, 3.8) is 0 Å². The van der Waals surface area contributed by atoms with Crippen molar-refractivity contribution >= 4 is 28.1 Å². The van der Waals surface area contributed by atoms with E-state index >= 15 is 0 Å². The lowest BCUT2D eigenvalue weighted by molar-refractivity contribution is -0.384. The van der Waals surface area contributed by atoms with E-state index in [0.717, 1.165) is 16.4 Å². The number of aromatic nitrogens is 1. The molecule has 4 rings (SSSR count). The number of ether oxygens (including phenoxy) is 2. The van der Waals surface area contributed by atoms with E-state index in [1.165, 1.54) is 23.5 Å². The molecule has 0 radical (unpaired) electrons. The molecule has 3 aromatic rings. The Morgan fingerprint density at radius 2 is 1.66 bits per heavy atom. The lowest BCUT2D eigenvalue weighted by Crippen LogP contribution is -2.48. The molecule has 0 atom stereocenters. The van der Waals surface area contributed by atoms with Crippen LogP contribution in [-0.4, -0.2) is 61.1 Å². The summed E-state index contributed by atoms with van der Waals surface area (Å²) in [6.07, 6.45) is 0. The van der Waals surface area contributed by atoms with Gasteiger partial charge in [-0.05, 0) is 24.3 Å². The van der Waals surface area contributed by atoms with Crippen LogP contribution in [0.2, 0.25) is 0 Å². The highest BCUT2D eigenvalue weighted by Crippen LogP contribution is 2.30. The minimum Gasteiger partial charge on any atom is -0.497 e. The standard InChI is InChI=1S/C22H22N4O5S/c1-30-18-11-16(12-19(13-18)31-2)21(27)24-7-9-25(10-8-24)22-23-20(14-32-22)15-3-5-17(6-4-15)26(28)29/h3-6,11-14H,7-10H2,1-2H3. The van der Waals surface area contributed by atoms with Gasteiger partial charge >= 0.3 is 0 Å². The number of piperazine rings is 1. The van der Waals surface area contributed by atoms with E-state index in [-0.39, 0.29) is 11.6 Å². The Balaban J connectivity index is 1.41. The lowest BCUT2D eigenvalue weighted by Gasteiger charge is -2.34. The zero-order valence-electron chi connectivity index (χ0n) is 17.7. The number of thiazole rings is 1. The SMILES string of the molecule is COc1cc(OC)cc(C(=O)N2CCN(c3nc(-c4ccc([N+](=O)[O-])cc4)cs3)CC2)c1. The van der Waals surface area contributed by atoms with E-state index < -0.39 is 4.92 Å². The molecule has 0 saturated carbocycles. The summed E-state index contributed by atoms with van der Waals surface area (Å²) in [6.45, 7) is 2.48. The first-order chi connectivity index (χ1) is 15.5. The number of amides is 1. The molecule has 166 valence electrons. The Kier molecular flexibility index (Phi) is 6.22. The molecule has 0 N–H and O–H groups in total. The number of carbonyl (C=O) groups is 1. The third-order valence-corrected chi connectivity index (χ3v) is 6.20. The molecule has 2 aromatic carbocycles. The molecule has 0 aliphatic carbocycles. The van der Waals surface area contributed by atoms with Gasteiger partial charge in [0.1, 0.15) is 11.5 Å². The average Bonchev–Trinajstić information content (AvgIpc) is 3.33. The molecule has 1 saturated heterocycles. The quantitative estimate of drug-likeness (QED) is 0.414. The second-order valence-corrected chi connectivity index (χ2v) is 8.04. The van der Waals surface area contributed by atoms with Crippen molar-refractivity contribution in [2.75, 3.05) is 45.3 Å². The molecule has 1 aliphatic rings. The monoisotopic (exact) mass is 454 g/mol. The van der Waals surface area contributed by atoms with Gasteiger partial charge in [-0.2, -0.15) is 0 Å². The van der Waals surface area contributed by atoms with Gasteiger partial charge < -0.3 is 19.3 Å². The maximum absolute atomic E-state index is 13.0. The molecule has 0 unspecified atom stereocenters. The van der Waals surface area contributed by atoms with E-state index in [0.29, 0.717) is 43.2 Å². The number of carbonyl (C=O) groups excluding carboxylic acids is 1. The fourth-order valence-corrected chi connectivity index (χ4v) is 4.40. The molecule has 1 fully saturated rings. The summed E-state index contributed by atoms with van der Waals surface area (Å²) in [5.74, 6) is 1.09. The van der Waals surface area contributed by atoms with Gasteiger partial charge in [0.25, 0.3) is 11.6 Å². The number of non-ortho nitro benzene ring substituents is 1. The fraction of sp³-hybridized carbons (Fsp3) is 0.273. The van der Waals surface area contributed by atoms with Crippen molar-refractivity contribution in [2.24, 2.45) is 0 Å². The summed E-state index contributed by atoms with van der Waals surface area (Å²) in [6, 6.07) is 11.5. The average molecular weight is 455 g/mol. The van der Waals surface area contributed by atoms with Crippen LogP contribution in [0.3, 0.4) is 0 Å². The molecule has 9 nitrogen and oxygen atoms in total. The fourth-order valence-electron chi connectivity index (χ4n) is 3.51. The normalized spacial score (nSPS) is 13.7. The van der Waals surface area contributed by atoms with Gasteiger partial charge in [0.15, 0.2) is 5.13 Å². The van der Waals surface area contributed by atoms with E-state index in [1.807, 2.05) is 10.3 Å². The summed E-state index contributed by atoms with van der Waals surface area (Å²) >= 11 is 1.52. The van der Waals surface area contributed by atoms with Gasteiger partial charge in [0.2, 0.25) is 0 Å². The van der Waals surface area contributed by atoms with E-state index in [1.54, 1.807) is 44.6 Å². The highest BCUT2D eigenvalue weighted by atomic mass is 32.1. The minimum absolute atomic E-state index is 0.0543.